The molecule has 37 heavy (non-hydrogen) atoms. The monoisotopic (exact) mass is 577 g/mol. The molecule has 0 spiro atoms. The molecule has 0 saturated carbocycles. The van der Waals surface area contributed by atoms with Gasteiger partial charge in [-0.3, -0.25) is 14.5 Å². The molecule has 1 aliphatic heterocycles. The number of hydrogen-bond donors (Lipinski definition) is 0. The van der Waals surface area contributed by atoms with Gasteiger partial charge in [0, 0.05) is 10.0 Å². The van der Waals surface area contributed by atoms with E-state index < -0.39 is 0 Å². The minimum absolute atomic E-state index is 0.248. The molecule has 0 radical (unpaired) electrons. The van der Waals surface area contributed by atoms with E-state index >= 15 is 0 Å². The van der Waals surface area contributed by atoms with E-state index in [1.807, 2.05) is 74.5 Å². The third kappa shape index (κ3) is 6.73. The number of amides is 2. The highest BCUT2D eigenvalue weighted by molar-refractivity contribution is 9.10. The summed E-state index contributed by atoms with van der Waals surface area (Å²) in [6, 6.07) is 19.6. The van der Waals surface area contributed by atoms with Crippen LogP contribution in [0.15, 0.2) is 82.7 Å². The van der Waals surface area contributed by atoms with Crippen LogP contribution in [0, 0.1) is 6.92 Å². The van der Waals surface area contributed by atoms with Crippen molar-refractivity contribution in [3.63, 3.8) is 0 Å². The quantitative estimate of drug-likeness (QED) is 0.182. The number of hydrogen-bond acceptors (Lipinski definition) is 5. The molecule has 0 aromatic heterocycles. The molecule has 0 aliphatic carbocycles. The topological polar surface area (TPSA) is 55.8 Å². The number of rotatable bonds is 10. The third-order valence-corrected chi connectivity index (χ3v) is 7.15. The highest BCUT2D eigenvalue weighted by atomic mass is 79.9. The maximum atomic E-state index is 13.1. The van der Waals surface area contributed by atoms with Gasteiger partial charge in [-0.15, -0.1) is 6.58 Å². The Balaban J connectivity index is 1.61. The normalized spacial score (nSPS) is 14.4. The molecule has 1 aliphatic rings. The smallest absolute Gasteiger partial charge is 0.293 e. The molecular formula is C30H28BrNO4S. The van der Waals surface area contributed by atoms with Gasteiger partial charge in [-0.2, -0.15) is 0 Å². The van der Waals surface area contributed by atoms with E-state index in [2.05, 4.69) is 22.5 Å². The first-order valence-corrected chi connectivity index (χ1v) is 13.6. The van der Waals surface area contributed by atoms with Crippen molar-refractivity contribution < 1.29 is 19.1 Å². The van der Waals surface area contributed by atoms with E-state index in [0.717, 1.165) is 44.1 Å². The van der Waals surface area contributed by atoms with Crippen LogP contribution in [-0.2, 0) is 24.4 Å². The van der Waals surface area contributed by atoms with Crippen molar-refractivity contribution in [1.82, 2.24) is 4.90 Å². The molecule has 1 fully saturated rings. The van der Waals surface area contributed by atoms with Crippen molar-refractivity contribution in [2.24, 2.45) is 0 Å². The van der Waals surface area contributed by atoms with Gasteiger partial charge in [0.15, 0.2) is 11.5 Å². The predicted molar refractivity (Wildman–Crippen MR) is 153 cm³/mol. The second-order valence-electron chi connectivity index (χ2n) is 8.61. The van der Waals surface area contributed by atoms with Crippen LogP contribution in [0.25, 0.3) is 6.08 Å². The molecule has 3 aromatic carbocycles. The van der Waals surface area contributed by atoms with Crippen LogP contribution in [-0.4, -0.2) is 22.7 Å². The Hall–Kier alpha value is -3.29. The van der Waals surface area contributed by atoms with E-state index in [0.29, 0.717) is 36.0 Å². The van der Waals surface area contributed by atoms with E-state index in [1.54, 1.807) is 12.2 Å². The minimum atomic E-state index is -0.296. The first kappa shape index (κ1) is 26.8. The molecule has 3 aromatic rings. The zero-order chi connectivity index (χ0) is 26.4. The van der Waals surface area contributed by atoms with Crippen LogP contribution in [0.5, 0.6) is 11.5 Å². The average Bonchev–Trinajstić information content (AvgIpc) is 3.12. The SMILES string of the molecule is C=CCc1cc(/C=C2\SC(=O)N(Cc3cccc(C)c3)C2=O)cc(OCC)c1OCc1ccc(Br)cc1. The summed E-state index contributed by atoms with van der Waals surface area (Å²) < 4.78 is 13.1. The first-order chi connectivity index (χ1) is 17.9. The Kier molecular flexibility index (Phi) is 8.90. The summed E-state index contributed by atoms with van der Waals surface area (Å²) >= 11 is 4.41. The Morgan fingerprint density at radius 1 is 1.03 bits per heavy atom. The standard InChI is InChI=1S/C30H28BrNO4S/c1-4-7-24-15-23(16-26(35-5-2)28(24)36-19-21-10-12-25(31)13-11-21)17-27-29(33)32(30(34)37-27)18-22-9-6-8-20(3)14-22/h4,6,8-17H,1,5,7,18-19H2,2-3H3/b27-17-. The predicted octanol–water partition coefficient (Wildman–Crippen LogP) is 7.70. The molecule has 190 valence electrons. The number of carbonyl (C=O) groups is 2. The number of nitrogens with zero attached hydrogens (tertiary/aromatic N) is 1. The summed E-state index contributed by atoms with van der Waals surface area (Å²) in [5.74, 6) is 0.939. The molecule has 0 unspecified atom stereocenters. The molecule has 7 heteroatoms. The van der Waals surface area contributed by atoms with Gasteiger partial charge < -0.3 is 9.47 Å². The molecule has 0 atom stereocenters. The molecule has 2 amide bonds. The summed E-state index contributed by atoms with van der Waals surface area (Å²) in [7, 11) is 0. The van der Waals surface area contributed by atoms with Crippen LogP contribution >= 0.6 is 27.7 Å². The third-order valence-electron chi connectivity index (χ3n) is 5.71. The van der Waals surface area contributed by atoms with Crippen molar-refractivity contribution in [3.05, 3.63) is 111 Å². The van der Waals surface area contributed by atoms with E-state index in [9.17, 15) is 9.59 Å². The molecule has 5 nitrogen and oxygen atoms in total. The average molecular weight is 579 g/mol. The number of ether oxygens (including phenoxy) is 2. The molecule has 1 saturated heterocycles. The molecule has 4 rings (SSSR count). The van der Waals surface area contributed by atoms with Crippen LogP contribution < -0.4 is 9.47 Å². The molecular weight excluding hydrogens is 550 g/mol. The van der Waals surface area contributed by atoms with Gasteiger partial charge in [0.1, 0.15) is 6.61 Å². The van der Waals surface area contributed by atoms with Gasteiger partial charge in [0.05, 0.1) is 18.1 Å². The first-order valence-electron chi connectivity index (χ1n) is 12.0. The lowest BCUT2D eigenvalue weighted by Crippen LogP contribution is -2.27. The zero-order valence-corrected chi connectivity index (χ0v) is 23.2. The van der Waals surface area contributed by atoms with Crippen LogP contribution in [0.2, 0.25) is 0 Å². The van der Waals surface area contributed by atoms with Crippen LogP contribution in [0.3, 0.4) is 0 Å². The van der Waals surface area contributed by atoms with Crippen molar-refractivity contribution in [1.29, 1.82) is 0 Å². The fourth-order valence-corrected chi connectivity index (χ4v) is 5.12. The minimum Gasteiger partial charge on any atom is -0.490 e. The number of halogens is 1. The summed E-state index contributed by atoms with van der Waals surface area (Å²) in [6.45, 7) is 8.87. The Bertz CT molecular complexity index is 1350. The number of benzene rings is 3. The fraction of sp³-hybridized carbons (Fsp3) is 0.200. The maximum Gasteiger partial charge on any atom is 0.293 e. The maximum absolute atomic E-state index is 13.1. The fourth-order valence-electron chi connectivity index (χ4n) is 4.02. The summed E-state index contributed by atoms with van der Waals surface area (Å²) in [5, 5.41) is -0.274. The summed E-state index contributed by atoms with van der Waals surface area (Å²) in [6.07, 6.45) is 4.11. The van der Waals surface area contributed by atoms with Gasteiger partial charge in [0.2, 0.25) is 0 Å². The largest absolute Gasteiger partial charge is 0.490 e. The van der Waals surface area contributed by atoms with Gasteiger partial charge >= 0.3 is 0 Å². The van der Waals surface area contributed by atoms with Crippen LogP contribution in [0.4, 0.5) is 4.79 Å². The highest BCUT2D eigenvalue weighted by Gasteiger charge is 2.35. The Morgan fingerprint density at radius 2 is 1.81 bits per heavy atom. The molecule has 0 N–H and O–H groups in total. The highest BCUT2D eigenvalue weighted by Crippen LogP contribution is 2.38. The number of thioether (sulfide) groups is 1. The van der Waals surface area contributed by atoms with E-state index in [1.165, 1.54) is 4.90 Å². The second-order valence-corrected chi connectivity index (χ2v) is 10.5. The van der Waals surface area contributed by atoms with Crippen molar-refractivity contribution in [2.75, 3.05) is 6.61 Å². The lowest BCUT2D eigenvalue weighted by atomic mass is 10.0. The lowest BCUT2D eigenvalue weighted by Gasteiger charge is -2.17. The number of imide groups is 1. The van der Waals surface area contributed by atoms with Crippen molar-refractivity contribution in [2.45, 2.75) is 33.4 Å². The summed E-state index contributed by atoms with van der Waals surface area (Å²) in [4.78, 5) is 27.5. The van der Waals surface area contributed by atoms with Gasteiger partial charge in [0.25, 0.3) is 11.1 Å². The summed E-state index contributed by atoms with van der Waals surface area (Å²) in [5.41, 5.74) is 4.69. The van der Waals surface area contributed by atoms with E-state index in [-0.39, 0.29) is 17.7 Å². The van der Waals surface area contributed by atoms with Crippen LogP contribution in [0.1, 0.15) is 34.7 Å². The number of carbonyl (C=O) groups excluding carboxylic acids is 2. The van der Waals surface area contributed by atoms with Crippen molar-refractivity contribution in [3.8, 4) is 11.5 Å². The molecule has 0 bridgehead atoms. The van der Waals surface area contributed by atoms with Gasteiger partial charge in [-0.25, -0.2) is 0 Å². The van der Waals surface area contributed by atoms with Crippen molar-refractivity contribution >= 4 is 44.9 Å². The van der Waals surface area contributed by atoms with Gasteiger partial charge in [-0.05, 0) is 79.1 Å². The molecule has 1 heterocycles. The second kappa shape index (κ2) is 12.3. The number of aryl methyl sites for hydroxylation is 1. The zero-order valence-electron chi connectivity index (χ0n) is 20.8. The Morgan fingerprint density at radius 3 is 2.51 bits per heavy atom. The Labute approximate surface area is 230 Å². The van der Waals surface area contributed by atoms with Gasteiger partial charge in [-0.1, -0.05) is 64.0 Å². The lowest BCUT2D eigenvalue weighted by molar-refractivity contribution is -0.123. The number of allylic oxidation sites excluding steroid dienone is 1. The van der Waals surface area contributed by atoms with E-state index in [4.69, 9.17) is 9.47 Å².